The average Bonchev–Trinajstić information content (AvgIpc) is 2.52. The van der Waals surface area contributed by atoms with Crippen LogP contribution in [0.3, 0.4) is 0 Å². The minimum atomic E-state index is -0.595. The van der Waals surface area contributed by atoms with Gasteiger partial charge in [-0.25, -0.2) is 4.68 Å². The first-order valence-electron chi connectivity index (χ1n) is 8.81. The molecule has 1 rings (SSSR count). The third-order valence-corrected chi connectivity index (χ3v) is 4.00. The molecule has 1 unspecified atom stereocenters. The number of Topliss-reactive ketones (excluding diaryl/α,β-unsaturated/α-hetero) is 1. The third-order valence-electron chi connectivity index (χ3n) is 4.00. The average molecular weight is 322 g/mol. The van der Waals surface area contributed by atoms with Gasteiger partial charge in [0.1, 0.15) is 5.69 Å². The van der Waals surface area contributed by atoms with Gasteiger partial charge in [-0.3, -0.25) is 9.59 Å². The van der Waals surface area contributed by atoms with Gasteiger partial charge in [-0.2, -0.15) is 5.10 Å². The van der Waals surface area contributed by atoms with Gasteiger partial charge in [0.2, 0.25) is 0 Å². The Kier molecular flexibility index (Phi) is 9.45. The standard InChI is InChI=1S/C18H30N2O3/c1-3-4-5-6-7-8-9-10-11-16(22)14-20-18(23)13-12-17(19-20)15(2)21/h12-13,16,22H,3-11,14H2,1-2H3. The molecule has 0 amide bonds. The van der Waals surface area contributed by atoms with Crippen LogP contribution in [-0.2, 0) is 6.54 Å². The van der Waals surface area contributed by atoms with Crippen LogP contribution in [0.5, 0.6) is 0 Å². The number of aliphatic hydroxyl groups is 1. The van der Waals surface area contributed by atoms with Crippen molar-refractivity contribution in [3.05, 3.63) is 28.2 Å². The van der Waals surface area contributed by atoms with Crippen molar-refractivity contribution in [1.82, 2.24) is 9.78 Å². The summed E-state index contributed by atoms with van der Waals surface area (Å²) in [6, 6.07) is 2.75. The predicted octanol–water partition coefficient (Wildman–Crippen LogP) is 3.34. The van der Waals surface area contributed by atoms with Crippen LogP contribution in [0.15, 0.2) is 16.9 Å². The van der Waals surface area contributed by atoms with Gasteiger partial charge in [0.25, 0.3) is 5.56 Å². The lowest BCUT2D eigenvalue weighted by Crippen LogP contribution is -2.29. The van der Waals surface area contributed by atoms with Crippen LogP contribution in [0.1, 0.15) is 82.1 Å². The summed E-state index contributed by atoms with van der Waals surface area (Å²) in [5, 5.41) is 14.0. The van der Waals surface area contributed by atoms with Crippen molar-refractivity contribution in [2.24, 2.45) is 0 Å². The Morgan fingerprint density at radius 1 is 1.13 bits per heavy atom. The lowest BCUT2D eigenvalue weighted by Gasteiger charge is -2.12. The first-order valence-corrected chi connectivity index (χ1v) is 8.81. The van der Waals surface area contributed by atoms with E-state index in [1.807, 2.05) is 0 Å². The molecule has 0 saturated heterocycles. The predicted molar refractivity (Wildman–Crippen MR) is 91.7 cm³/mol. The van der Waals surface area contributed by atoms with Crippen LogP contribution >= 0.6 is 0 Å². The fraction of sp³-hybridized carbons (Fsp3) is 0.722. The second-order valence-corrected chi connectivity index (χ2v) is 6.21. The van der Waals surface area contributed by atoms with Crippen LogP contribution in [0.2, 0.25) is 0 Å². The largest absolute Gasteiger partial charge is 0.391 e. The summed E-state index contributed by atoms with van der Waals surface area (Å²) in [5.74, 6) is -0.184. The smallest absolute Gasteiger partial charge is 0.266 e. The second kappa shape index (κ2) is 11.1. The molecule has 5 heteroatoms. The number of hydrogen-bond acceptors (Lipinski definition) is 4. The topological polar surface area (TPSA) is 72.2 Å². The molecule has 1 N–H and O–H groups in total. The number of rotatable bonds is 12. The molecule has 0 aliphatic rings. The van der Waals surface area contributed by atoms with Gasteiger partial charge < -0.3 is 5.11 Å². The number of nitrogens with zero attached hydrogens (tertiary/aromatic N) is 2. The highest BCUT2D eigenvalue weighted by atomic mass is 16.3. The number of aromatic nitrogens is 2. The van der Waals surface area contributed by atoms with Crippen molar-refractivity contribution in [2.45, 2.75) is 84.3 Å². The van der Waals surface area contributed by atoms with Crippen molar-refractivity contribution in [2.75, 3.05) is 0 Å². The molecule has 1 heterocycles. The minimum Gasteiger partial charge on any atom is -0.391 e. The van der Waals surface area contributed by atoms with Crippen molar-refractivity contribution >= 4 is 5.78 Å². The molecular weight excluding hydrogens is 292 g/mol. The zero-order chi connectivity index (χ0) is 17.1. The van der Waals surface area contributed by atoms with E-state index in [-0.39, 0.29) is 23.6 Å². The number of aliphatic hydroxyl groups excluding tert-OH is 1. The highest BCUT2D eigenvalue weighted by Gasteiger charge is 2.09. The maximum absolute atomic E-state index is 11.7. The zero-order valence-corrected chi connectivity index (χ0v) is 14.5. The molecule has 0 saturated carbocycles. The monoisotopic (exact) mass is 322 g/mol. The normalized spacial score (nSPS) is 12.3. The molecule has 1 aromatic rings. The summed E-state index contributed by atoms with van der Waals surface area (Å²) in [7, 11) is 0. The Hall–Kier alpha value is -1.49. The number of carbonyl (C=O) groups is 1. The molecule has 0 fully saturated rings. The number of ketones is 1. The van der Waals surface area contributed by atoms with E-state index in [0.717, 1.165) is 12.8 Å². The lowest BCUT2D eigenvalue weighted by molar-refractivity contribution is 0.100. The number of carbonyl (C=O) groups excluding carboxylic acids is 1. The summed E-state index contributed by atoms with van der Waals surface area (Å²) in [5.41, 5.74) is -0.0335. The van der Waals surface area contributed by atoms with E-state index in [9.17, 15) is 14.7 Å². The van der Waals surface area contributed by atoms with Crippen molar-refractivity contribution in [1.29, 1.82) is 0 Å². The molecule has 0 aliphatic carbocycles. The van der Waals surface area contributed by atoms with Gasteiger partial charge in [-0.15, -0.1) is 0 Å². The van der Waals surface area contributed by atoms with Gasteiger partial charge in [-0.05, 0) is 12.5 Å². The third kappa shape index (κ3) is 8.07. The van der Waals surface area contributed by atoms with Gasteiger partial charge in [0.05, 0.1) is 12.6 Å². The summed E-state index contributed by atoms with van der Waals surface area (Å²) in [6.07, 6.45) is 9.80. The first-order chi connectivity index (χ1) is 11.0. The van der Waals surface area contributed by atoms with Crippen molar-refractivity contribution < 1.29 is 9.90 Å². The fourth-order valence-electron chi connectivity index (χ4n) is 2.57. The van der Waals surface area contributed by atoms with E-state index in [1.165, 1.54) is 62.3 Å². The molecule has 5 nitrogen and oxygen atoms in total. The molecule has 1 atom stereocenters. The van der Waals surface area contributed by atoms with E-state index in [4.69, 9.17) is 0 Å². The van der Waals surface area contributed by atoms with E-state index in [1.54, 1.807) is 0 Å². The van der Waals surface area contributed by atoms with Crippen LogP contribution in [0.25, 0.3) is 0 Å². The minimum absolute atomic E-state index is 0.149. The molecular formula is C18H30N2O3. The Morgan fingerprint density at radius 3 is 2.35 bits per heavy atom. The Balaban J connectivity index is 2.26. The fourth-order valence-corrected chi connectivity index (χ4v) is 2.57. The van der Waals surface area contributed by atoms with Crippen molar-refractivity contribution in [3.63, 3.8) is 0 Å². The highest BCUT2D eigenvalue weighted by molar-refractivity contribution is 5.91. The van der Waals surface area contributed by atoms with Crippen LogP contribution in [0, 0.1) is 0 Å². The quantitative estimate of drug-likeness (QED) is 0.473. The van der Waals surface area contributed by atoms with Gasteiger partial charge in [0.15, 0.2) is 5.78 Å². The summed E-state index contributed by atoms with van der Waals surface area (Å²) < 4.78 is 1.19. The van der Waals surface area contributed by atoms with E-state index < -0.39 is 6.10 Å². The summed E-state index contributed by atoms with van der Waals surface area (Å²) in [6.45, 7) is 3.78. The molecule has 0 aromatic carbocycles. The Labute approximate surface area is 138 Å². The van der Waals surface area contributed by atoms with Gasteiger partial charge >= 0.3 is 0 Å². The number of hydrogen-bond donors (Lipinski definition) is 1. The molecule has 0 spiro atoms. The molecule has 0 aliphatic heterocycles. The Bertz CT molecular complexity index is 525. The van der Waals surface area contributed by atoms with Gasteiger partial charge in [0, 0.05) is 13.0 Å². The van der Waals surface area contributed by atoms with Crippen molar-refractivity contribution in [3.8, 4) is 0 Å². The molecule has 1 aromatic heterocycles. The first kappa shape index (κ1) is 19.6. The lowest BCUT2D eigenvalue weighted by atomic mass is 10.1. The molecule has 0 bridgehead atoms. The molecule has 23 heavy (non-hydrogen) atoms. The SMILES string of the molecule is CCCCCCCCCCC(O)Cn1nc(C(C)=O)ccc1=O. The summed E-state index contributed by atoms with van der Waals surface area (Å²) in [4.78, 5) is 23.0. The maximum Gasteiger partial charge on any atom is 0.266 e. The molecule has 0 radical (unpaired) electrons. The van der Waals surface area contributed by atoms with E-state index in [2.05, 4.69) is 12.0 Å². The van der Waals surface area contributed by atoms with E-state index in [0.29, 0.717) is 6.42 Å². The summed E-state index contributed by atoms with van der Waals surface area (Å²) >= 11 is 0. The second-order valence-electron chi connectivity index (χ2n) is 6.21. The van der Waals surface area contributed by atoms with Crippen LogP contribution in [-0.4, -0.2) is 26.8 Å². The maximum atomic E-state index is 11.7. The highest BCUT2D eigenvalue weighted by Crippen LogP contribution is 2.11. The molecule has 130 valence electrons. The van der Waals surface area contributed by atoms with Crippen LogP contribution < -0.4 is 5.56 Å². The van der Waals surface area contributed by atoms with Crippen LogP contribution in [0.4, 0.5) is 0 Å². The Morgan fingerprint density at radius 2 is 1.74 bits per heavy atom. The van der Waals surface area contributed by atoms with Gasteiger partial charge in [-0.1, -0.05) is 58.3 Å². The zero-order valence-electron chi connectivity index (χ0n) is 14.5. The number of unbranched alkanes of at least 4 members (excludes halogenated alkanes) is 7. The van der Waals surface area contributed by atoms with E-state index >= 15 is 0 Å².